The van der Waals surface area contributed by atoms with Gasteiger partial charge in [-0.05, 0) is 63.8 Å². The molecule has 0 radical (unpaired) electrons. The summed E-state index contributed by atoms with van der Waals surface area (Å²) in [5, 5.41) is 0. The molecule has 3 atom stereocenters. The second-order valence-electron chi connectivity index (χ2n) is 6.97. The number of piperidine rings is 1. The zero-order valence-corrected chi connectivity index (χ0v) is 12.3. The first-order valence-electron chi connectivity index (χ1n) is 7.85. The Morgan fingerprint density at radius 2 is 1.65 bits per heavy atom. The summed E-state index contributed by atoms with van der Waals surface area (Å²) in [6, 6.07) is 1.65. The van der Waals surface area contributed by atoms with Crippen molar-refractivity contribution < 1.29 is 0 Å². The molecule has 2 aliphatic rings. The van der Waals surface area contributed by atoms with Crippen molar-refractivity contribution >= 4 is 0 Å². The molecule has 1 nitrogen and oxygen atoms in total. The molecule has 0 spiro atoms. The molecule has 3 unspecified atom stereocenters. The monoisotopic (exact) mass is 237 g/mol. The fourth-order valence-corrected chi connectivity index (χ4v) is 4.15. The van der Waals surface area contributed by atoms with Gasteiger partial charge < -0.3 is 0 Å². The summed E-state index contributed by atoms with van der Waals surface area (Å²) in [5.41, 5.74) is 0. The van der Waals surface area contributed by atoms with Crippen LogP contribution in [0.2, 0.25) is 0 Å². The van der Waals surface area contributed by atoms with E-state index in [1.54, 1.807) is 0 Å². The Hall–Kier alpha value is -0.0400. The Morgan fingerprint density at radius 3 is 2.29 bits per heavy atom. The van der Waals surface area contributed by atoms with Crippen molar-refractivity contribution in [3.05, 3.63) is 0 Å². The van der Waals surface area contributed by atoms with Gasteiger partial charge in [0.1, 0.15) is 0 Å². The standard InChI is InChI=1S/C16H31N/c1-12(2)15-8-5-7-14-9-6-10-17(13(3)4)16(14)11-15/h12-16H,5-11H2,1-4H3. The van der Waals surface area contributed by atoms with Gasteiger partial charge in [-0.15, -0.1) is 0 Å². The predicted molar refractivity (Wildman–Crippen MR) is 75.2 cm³/mol. The lowest BCUT2D eigenvalue weighted by molar-refractivity contribution is 0.0488. The predicted octanol–water partition coefficient (Wildman–Crippen LogP) is 4.32. The average Bonchev–Trinajstić information content (AvgIpc) is 2.49. The highest BCUT2D eigenvalue weighted by Gasteiger charge is 2.36. The molecule has 100 valence electrons. The molecule has 1 aliphatic carbocycles. The van der Waals surface area contributed by atoms with E-state index in [2.05, 4.69) is 32.6 Å². The van der Waals surface area contributed by atoms with Gasteiger partial charge in [0.15, 0.2) is 0 Å². The second-order valence-corrected chi connectivity index (χ2v) is 6.97. The Bertz CT molecular complexity index is 234. The molecule has 0 aromatic carbocycles. The third kappa shape index (κ3) is 3.05. The van der Waals surface area contributed by atoms with Gasteiger partial charge in [0, 0.05) is 12.1 Å². The first-order chi connectivity index (χ1) is 8.09. The van der Waals surface area contributed by atoms with Crippen LogP contribution >= 0.6 is 0 Å². The molecule has 1 aliphatic heterocycles. The van der Waals surface area contributed by atoms with Crippen LogP contribution in [0.3, 0.4) is 0 Å². The third-order valence-electron chi connectivity index (χ3n) is 5.26. The van der Waals surface area contributed by atoms with Crippen LogP contribution in [0.1, 0.15) is 66.2 Å². The molecule has 0 bridgehead atoms. The molecule has 1 saturated heterocycles. The lowest BCUT2D eigenvalue weighted by Crippen LogP contribution is -2.49. The van der Waals surface area contributed by atoms with Crippen molar-refractivity contribution in [1.82, 2.24) is 4.90 Å². The van der Waals surface area contributed by atoms with Gasteiger partial charge in [0.25, 0.3) is 0 Å². The molecule has 1 saturated carbocycles. The lowest BCUT2D eigenvalue weighted by Gasteiger charge is -2.44. The summed E-state index contributed by atoms with van der Waals surface area (Å²) in [4.78, 5) is 2.81. The van der Waals surface area contributed by atoms with Crippen molar-refractivity contribution in [3.8, 4) is 0 Å². The summed E-state index contributed by atoms with van der Waals surface area (Å²) >= 11 is 0. The molecule has 0 N–H and O–H groups in total. The van der Waals surface area contributed by atoms with Crippen molar-refractivity contribution in [2.45, 2.75) is 78.3 Å². The summed E-state index contributed by atoms with van der Waals surface area (Å²) in [6.45, 7) is 11.0. The smallest absolute Gasteiger partial charge is 0.0129 e. The van der Waals surface area contributed by atoms with E-state index in [1.807, 2.05) is 0 Å². The van der Waals surface area contributed by atoms with Crippen molar-refractivity contribution in [2.75, 3.05) is 6.54 Å². The number of likely N-dealkylation sites (tertiary alicyclic amines) is 1. The van der Waals surface area contributed by atoms with Crippen LogP contribution in [0, 0.1) is 17.8 Å². The Morgan fingerprint density at radius 1 is 0.941 bits per heavy atom. The van der Waals surface area contributed by atoms with Crippen molar-refractivity contribution in [3.63, 3.8) is 0 Å². The summed E-state index contributed by atoms with van der Waals surface area (Å²) in [7, 11) is 0. The molecule has 1 heterocycles. The second kappa shape index (κ2) is 5.73. The molecule has 17 heavy (non-hydrogen) atoms. The Labute approximate surface area is 108 Å². The highest BCUT2D eigenvalue weighted by molar-refractivity contribution is 4.90. The summed E-state index contributed by atoms with van der Waals surface area (Å²) < 4.78 is 0. The average molecular weight is 237 g/mol. The van der Waals surface area contributed by atoms with Crippen LogP contribution in [0.5, 0.6) is 0 Å². The van der Waals surface area contributed by atoms with Gasteiger partial charge in [-0.25, -0.2) is 0 Å². The number of hydrogen-bond acceptors (Lipinski definition) is 1. The van der Waals surface area contributed by atoms with Crippen LogP contribution in [0.4, 0.5) is 0 Å². The highest BCUT2D eigenvalue weighted by Crippen LogP contribution is 2.39. The minimum absolute atomic E-state index is 0.744. The molecular weight excluding hydrogens is 206 g/mol. The van der Waals surface area contributed by atoms with Crippen LogP contribution in [-0.4, -0.2) is 23.5 Å². The third-order valence-corrected chi connectivity index (χ3v) is 5.26. The number of rotatable bonds is 2. The zero-order valence-electron chi connectivity index (χ0n) is 12.3. The fourth-order valence-electron chi connectivity index (χ4n) is 4.15. The number of fused-ring (bicyclic) bond motifs is 1. The van der Waals surface area contributed by atoms with E-state index >= 15 is 0 Å². The normalized spacial score (nSPS) is 36.0. The SMILES string of the molecule is CC(C)C1CCCC2CCCN(C(C)C)C2C1. The van der Waals surface area contributed by atoms with Gasteiger partial charge in [-0.3, -0.25) is 4.90 Å². The fraction of sp³-hybridized carbons (Fsp3) is 1.00. The first-order valence-corrected chi connectivity index (χ1v) is 7.85. The minimum atomic E-state index is 0.744. The lowest BCUT2D eigenvalue weighted by atomic mass is 9.81. The molecule has 1 heteroatoms. The van der Waals surface area contributed by atoms with E-state index < -0.39 is 0 Å². The Kier molecular flexibility index (Phi) is 4.52. The maximum absolute atomic E-state index is 2.81. The molecule has 2 rings (SSSR count). The van der Waals surface area contributed by atoms with Crippen LogP contribution < -0.4 is 0 Å². The highest BCUT2D eigenvalue weighted by atomic mass is 15.2. The van der Waals surface area contributed by atoms with E-state index in [0.717, 1.165) is 29.8 Å². The van der Waals surface area contributed by atoms with Gasteiger partial charge in [-0.1, -0.05) is 26.7 Å². The first kappa shape index (κ1) is 13.4. The van der Waals surface area contributed by atoms with Crippen molar-refractivity contribution in [2.24, 2.45) is 17.8 Å². The summed E-state index contributed by atoms with van der Waals surface area (Å²) in [6.07, 6.45) is 8.87. The van der Waals surface area contributed by atoms with Crippen molar-refractivity contribution in [1.29, 1.82) is 0 Å². The Balaban J connectivity index is 2.09. The van der Waals surface area contributed by atoms with E-state index in [4.69, 9.17) is 0 Å². The van der Waals surface area contributed by atoms with E-state index in [9.17, 15) is 0 Å². The molecule has 0 amide bonds. The molecule has 0 aromatic heterocycles. The zero-order chi connectivity index (χ0) is 12.4. The molecular formula is C16H31N. The van der Waals surface area contributed by atoms with E-state index in [1.165, 1.54) is 45.1 Å². The van der Waals surface area contributed by atoms with E-state index in [0.29, 0.717) is 0 Å². The summed E-state index contributed by atoms with van der Waals surface area (Å²) in [5.74, 6) is 2.86. The van der Waals surface area contributed by atoms with Gasteiger partial charge in [0.2, 0.25) is 0 Å². The largest absolute Gasteiger partial charge is 0.298 e. The molecule has 0 aromatic rings. The number of hydrogen-bond donors (Lipinski definition) is 0. The molecule has 2 fully saturated rings. The number of nitrogens with zero attached hydrogens (tertiary/aromatic N) is 1. The minimum Gasteiger partial charge on any atom is -0.298 e. The maximum Gasteiger partial charge on any atom is 0.0129 e. The van der Waals surface area contributed by atoms with E-state index in [-0.39, 0.29) is 0 Å². The maximum atomic E-state index is 2.81. The quantitative estimate of drug-likeness (QED) is 0.691. The van der Waals surface area contributed by atoms with Crippen LogP contribution in [-0.2, 0) is 0 Å². The van der Waals surface area contributed by atoms with Gasteiger partial charge in [0.05, 0.1) is 0 Å². The van der Waals surface area contributed by atoms with Crippen LogP contribution in [0.25, 0.3) is 0 Å². The van der Waals surface area contributed by atoms with Gasteiger partial charge in [-0.2, -0.15) is 0 Å². The van der Waals surface area contributed by atoms with Crippen LogP contribution in [0.15, 0.2) is 0 Å². The van der Waals surface area contributed by atoms with Gasteiger partial charge >= 0.3 is 0 Å². The topological polar surface area (TPSA) is 3.24 Å².